The maximum absolute atomic E-state index is 7.75. The fraction of sp³-hybridized carbons (Fsp3) is 0.0714. The van der Waals surface area contributed by atoms with Crippen LogP contribution in [0, 0.1) is 6.07 Å². The first kappa shape index (κ1) is 15.6. The van der Waals surface area contributed by atoms with Gasteiger partial charge in [0.15, 0.2) is 0 Å². The van der Waals surface area contributed by atoms with Gasteiger partial charge >= 0.3 is 0 Å². The molecule has 0 radical (unpaired) electrons. The van der Waals surface area contributed by atoms with E-state index in [9.17, 15) is 0 Å². The van der Waals surface area contributed by atoms with Gasteiger partial charge in [-0.3, -0.25) is 6.79 Å². The number of hydrogen-bond acceptors (Lipinski definition) is 1. The van der Waals surface area contributed by atoms with Gasteiger partial charge in [-0.25, -0.2) is 0 Å². The average molecular weight is 317 g/mol. The van der Waals surface area contributed by atoms with Crippen LogP contribution in [-0.2, 0) is 25.2 Å². The Morgan fingerprint density at radius 3 is 2.29 bits per heavy atom. The largest absolute Gasteiger partial charge is 0.694 e. The van der Waals surface area contributed by atoms with Crippen LogP contribution < -0.4 is 0 Å². The van der Waals surface area contributed by atoms with Crippen molar-refractivity contribution in [2.45, 2.75) is 0 Å². The maximum Gasteiger partial charge on any atom is 0 e. The van der Waals surface area contributed by atoms with Gasteiger partial charge in [0.2, 0.25) is 0 Å². The third kappa shape index (κ3) is 4.15. The summed E-state index contributed by atoms with van der Waals surface area (Å²) >= 11 is 0. The van der Waals surface area contributed by atoms with Crippen LogP contribution in [-0.4, -0.2) is 13.8 Å². The Kier molecular flexibility index (Phi) is 7.96. The van der Waals surface area contributed by atoms with Crippen LogP contribution >= 0.6 is 0 Å². The minimum Gasteiger partial charge on any atom is -0.694 e. The van der Waals surface area contributed by atoms with Gasteiger partial charge in [-0.2, -0.15) is 5.69 Å². The maximum atomic E-state index is 7.75. The molecule has 0 heterocycles. The summed E-state index contributed by atoms with van der Waals surface area (Å²) in [5, 5.41) is 4.23. The van der Waals surface area contributed by atoms with Crippen LogP contribution in [0.1, 0.15) is 0 Å². The molecular formula is C14H12NOPd-3. The van der Waals surface area contributed by atoms with E-state index in [1.807, 2.05) is 49.5 Å². The molecule has 0 aliphatic rings. The summed E-state index contributed by atoms with van der Waals surface area (Å²) in [6, 6.07) is 19.2. The Labute approximate surface area is 116 Å². The van der Waals surface area contributed by atoms with Crippen molar-refractivity contribution >= 4 is 12.5 Å². The molecule has 3 heteroatoms. The van der Waals surface area contributed by atoms with Crippen molar-refractivity contribution < 1.29 is 25.2 Å². The number of benzene rings is 2. The molecule has 2 nitrogen and oxygen atoms in total. The summed E-state index contributed by atoms with van der Waals surface area (Å²) < 4.78 is 0. The Bertz CT molecular complexity index is 431. The summed E-state index contributed by atoms with van der Waals surface area (Å²) in [6.07, 6.45) is 0. The van der Waals surface area contributed by atoms with Gasteiger partial charge in [0, 0.05) is 20.4 Å². The molecule has 2 aromatic rings. The van der Waals surface area contributed by atoms with Crippen LogP contribution in [0.25, 0.3) is 16.4 Å². The van der Waals surface area contributed by atoms with Gasteiger partial charge in [0.05, 0.1) is 0 Å². The predicted octanol–water partition coefficient (Wildman–Crippen LogP) is 3.51. The minimum absolute atomic E-state index is 0. The summed E-state index contributed by atoms with van der Waals surface area (Å²) in [5.41, 5.74) is 3.24. The number of hydrogen-bond donors (Lipinski definition) is 0. The van der Waals surface area contributed by atoms with Crippen LogP contribution in [0.4, 0.5) is 5.69 Å². The second-order valence-corrected chi connectivity index (χ2v) is 3.02. The number of nitrogens with zero attached hydrogens (tertiary/aromatic N) is 1. The van der Waals surface area contributed by atoms with E-state index >= 15 is 0 Å². The third-order valence-corrected chi connectivity index (χ3v) is 2.14. The third-order valence-electron chi connectivity index (χ3n) is 2.14. The molecule has 0 N–H and O–H groups in total. The molecule has 0 spiro atoms. The van der Waals surface area contributed by atoms with E-state index in [0.717, 1.165) is 16.8 Å². The number of para-hydroxylation sites is 1. The fourth-order valence-electron chi connectivity index (χ4n) is 1.46. The van der Waals surface area contributed by atoms with E-state index in [4.69, 9.17) is 4.79 Å². The molecule has 0 atom stereocenters. The Hall–Kier alpha value is -1.43. The SMILES string of the molecule is C[N-]c1ccccc1-c1[c-]cccc1.[CH-]=O.[Pd]. The second-order valence-electron chi connectivity index (χ2n) is 3.02. The van der Waals surface area contributed by atoms with E-state index in [-0.39, 0.29) is 20.4 Å². The van der Waals surface area contributed by atoms with E-state index in [2.05, 4.69) is 24.2 Å². The topological polar surface area (TPSA) is 31.2 Å². The van der Waals surface area contributed by atoms with Crippen molar-refractivity contribution in [2.75, 3.05) is 7.05 Å². The molecule has 17 heavy (non-hydrogen) atoms. The fourth-order valence-corrected chi connectivity index (χ4v) is 1.46. The smallest absolute Gasteiger partial charge is 0 e. The van der Waals surface area contributed by atoms with Crippen molar-refractivity contribution in [2.24, 2.45) is 0 Å². The summed E-state index contributed by atoms with van der Waals surface area (Å²) in [5.74, 6) is 0. The van der Waals surface area contributed by atoms with Crippen LogP contribution in [0.2, 0.25) is 0 Å². The Morgan fingerprint density at radius 1 is 1.06 bits per heavy atom. The first-order chi connectivity index (χ1) is 7.92. The minimum atomic E-state index is 0. The van der Waals surface area contributed by atoms with Gasteiger partial charge in [-0.1, -0.05) is 24.3 Å². The van der Waals surface area contributed by atoms with Crippen molar-refractivity contribution in [1.82, 2.24) is 0 Å². The quantitative estimate of drug-likeness (QED) is 0.474. The van der Waals surface area contributed by atoms with Gasteiger partial charge in [-0.15, -0.1) is 48.5 Å². The second kappa shape index (κ2) is 8.69. The molecule has 0 bridgehead atoms. The average Bonchev–Trinajstić information content (AvgIpc) is 2.42. The van der Waals surface area contributed by atoms with Crippen molar-refractivity contribution in [3.05, 3.63) is 59.9 Å². The van der Waals surface area contributed by atoms with E-state index < -0.39 is 0 Å². The van der Waals surface area contributed by atoms with Gasteiger partial charge in [0.25, 0.3) is 0 Å². The van der Waals surface area contributed by atoms with E-state index in [0.29, 0.717) is 0 Å². The Morgan fingerprint density at radius 2 is 1.71 bits per heavy atom. The number of rotatable bonds is 2. The number of carbonyl (C=O) groups excluding carboxylic acids is 1. The predicted molar refractivity (Wildman–Crippen MR) is 66.4 cm³/mol. The molecule has 92 valence electrons. The van der Waals surface area contributed by atoms with Crippen molar-refractivity contribution in [3.8, 4) is 11.1 Å². The zero-order chi connectivity index (χ0) is 11.8. The Balaban J connectivity index is 0.000000811. The van der Waals surface area contributed by atoms with Crippen molar-refractivity contribution in [1.29, 1.82) is 0 Å². The first-order valence-corrected chi connectivity index (χ1v) is 4.81. The molecule has 0 aliphatic carbocycles. The molecule has 0 amide bonds. The summed E-state index contributed by atoms with van der Waals surface area (Å²) in [7, 11) is 1.81. The first-order valence-electron chi connectivity index (χ1n) is 4.81. The van der Waals surface area contributed by atoms with Crippen molar-refractivity contribution in [3.63, 3.8) is 0 Å². The van der Waals surface area contributed by atoms with Gasteiger partial charge < -0.3 is 10.1 Å². The van der Waals surface area contributed by atoms with Gasteiger partial charge in [-0.05, 0) is 0 Å². The molecule has 2 aromatic carbocycles. The standard InChI is InChI=1S/C13H11N.CHO.Pd/c1-14-13-10-6-5-9-12(13)11-7-3-2-4-8-11;1-2;/h2-7,9-10H,1H3;1H;/q-2;-1;. The zero-order valence-corrected chi connectivity index (χ0v) is 10.9. The molecule has 0 aromatic heterocycles. The monoisotopic (exact) mass is 316 g/mol. The molecule has 0 saturated heterocycles. The van der Waals surface area contributed by atoms with Gasteiger partial charge in [0.1, 0.15) is 0 Å². The summed E-state index contributed by atoms with van der Waals surface area (Å²) in [6.45, 7) is 3.25. The normalized spacial score (nSPS) is 8.29. The molecule has 2 rings (SSSR count). The molecule has 0 fully saturated rings. The summed E-state index contributed by atoms with van der Waals surface area (Å²) in [4.78, 5) is 7.75. The zero-order valence-electron chi connectivity index (χ0n) is 9.37. The van der Waals surface area contributed by atoms with E-state index in [1.54, 1.807) is 0 Å². The van der Waals surface area contributed by atoms with Crippen LogP contribution in [0.15, 0.2) is 48.5 Å². The van der Waals surface area contributed by atoms with E-state index in [1.165, 1.54) is 0 Å². The molecule has 0 aliphatic heterocycles. The molecular weight excluding hydrogens is 305 g/mol. The van der Waals surface area contributed by atoms with Crippen LogP contribution in [0.3, 0.4) is 0 Å². The van der Waals surface area contributed by atoms with Crippen LogP contribution in [0.5, 0.6) is 0 Å². The molecule has 0 saturated carbocycles. The molecule has 0 unspecified atom stereocenters.